The molecule has 0 fully saturated rings. The molecule has 1 aromatic carbocycles. The van der Waals surface area contributed by atoms with Gasteiger partial charge in [-0.1, -0.05) is 6.07 Å². The number of nitrogens with two attached hydrogens (primary N) is 1. The van der Waals surface area contributed by atoms with Crippen molar-refractivity contribution in [1.29, 1.82) is 0 Å². The van der Waals surface area contributed by atoms with Crippen molar-refractivity contribution >= 4 is 34.3 Å². The minimum Gasteiger partial charge on any atom is -0.399 e. The zero-order chi connectivity index (χ0) is 14.5. The normalized spacial score (nSPS) is 10.3. The number of benzene rings is 1. The lowest BCUT2D eigenvalue weighted by molar-refractivity contribution is 0.103. The maximum absolute atomic E-state index is 12.2. The lowest BCUT2D eigenvalue weighted by Crippen LogP contribution is -2.24. The van der Waals surface area contributed by atoms with Crippen molar-refractivity contribution in [1.82, 2.24) is 0 Å². The topological polar surface area (TPSA) is 58.4 Å². The molecule has 1 aromatic heterocycles. The van der Waals surface area contributed by atoms with Crippen LogP contribution in [0.1, 0.15) is 23.5 Å². The quantitative estimate of drug-likeness (QED) is 0.829. The van der Waals surface area contributed by atoms with Crippen LogP contribution in [-0.4, -0.2) is 19.0 Å². The number of carbonyl (C=O) groups is 1. The van der Waals surface area contributed by atoms with Crippen molar-refractivity contribution in [3.05, 3.63) is 40.6 Å². The molecule has 2 rings (SSSR count). The van der Waals surface area contributed by atoms with Crippen LogP contribution in [0, 0.1) is 0 Å². The first-order valence-corrected chi connectivity index (χ1v) is 7.53. The molecule has 0 unspecified atom stereocenters. The van der Waals surface area contributed by atoms with E-state index >= 15 is 0 Å². The molecule has 0 saturated carbocycles. The van der Waals surface area contributed by atoms with Gasteiger partial charge in [0.25, 0.3) is 5.91 Å². The summed E-state index contributed by atoms with van der Waals surface area (Å²) in [6.07, 6.45) is 0. The third-order valence-electron chi connectivity index (χ3n) is 3.12. The van der Waals surface area contributed by atoms with Gasteiger partial charge in [0.05, 0.1) is 16.3 Å². The highest BCUT2D eigenvalue weighted by Crippen LogP contribution is 2.29. The van der Waals surface area contributed by atoms with E-state index in [0.29, 0.717) is 10.6 Å². The summed E-state index contributed by atoms with van der Waals surface area (Å²) in [4.78, 5) is 15.1. The van der Waals surface area contributed by atoms with Crippen LogP contribution < -0.4 is 16.0 Å². The molecular weight excluding hydrogens is 270 g/mol. The smallest absolute Gasteiger partial charge is 0.265 e. The van der Waals surface area contributed by atoms with Crippen LogP contribution in [0.15, 0.2) is 35.7 Å². The van der Waals surface area contributed by atoms with Gasteiger partial charge in [-0.2, -0.15) is 0 Å². The SMILES string of the molecule is CCN(CC)c1ccc(N)cc1NC(=O)c1cccs1. The number of rotatable bonds is 5. The molecule has 2 aromatic rings. The van der Waals surface area contributed by atoms with Crippen LogP contribution >= 0.6 is 11.3 Å². The largest absolute Gasteiger partial charge is 0.399 e. The molecule has 0 aliphatic carbocycles. The van der Waals surface area contributed by atoms with Crippen LogP contribution in [-0.2, 0) is 0 Å². The van der Waals surface area contributed by atoms with E-state index in [1.165, 1.54) is 11.3 Å². The van der Waals surface area contributed by atoms with Gasteiger partial charge in [-0.25, -0.2) is 0 Å². The molecule has 20 heavy (non-hydrogen) atoms. The van der Waals surface area contributed by atoms with Gasteiger partial charge in [0.2, 0.25) is 0 Å². The molecule has 106 valence electrons. The highest BCUT2D eigenvalue weighted by molar-refractivity contribution is 7.12. The Morgan fingerprint density at radius 1 is 1.30 bits per heavy atom. The summed E-state index contributed by atoms with van der Waals surface area (Å²) in [5.74, 6) is -0.0981. The Kier molecular flexibility index (Phi) is 4.63. The maximum atomic E-state index is 12.2. The van der Waals surface area contributed by atoms with Crippen molar-refractivity contribution in [3.8, 4) is 0 Å². The first kappa shape index (κ1) is 14.4. The standard InChI is InChI=1S/C15H19N3OS/c1-3-18(4-2)13-8-7-11(16)10-12(13)17-15(19)14-6-5-9-20-14/h5-10H,3-4,16H2,1-2H3,(H,17,19). The minimum absolute atomic E-state index is 0.0981. The molecule has 0 spiro atoms. The molecule has 0 atom stereocenters. The van der Waals surface area contributed by atoms with Crippen LogP contribution in [0.5, 0.6) is 0 Å². The number of nitrogens with zero attached hydrogens (tertiary/aromatic N) is 1. The van der Waals surface area contributed by atoms with E-state index in [1.807, 2.05) is 29.6 Å². The minimum atomic E-state index is -0.0981. The van der Waals surface area contributed by atoms with Crippen molar-refractivity contribution in [3.63, 3.8) is 0 Å². The number of carbonyl (C=O) groups excluding carboxylic acids is 1. The van der Waals surface area contributed by atoms with Gasteiger partial charge in [-0.15, -0.1) is 11.3 Å². The van der Waals surface area contributed by atoms with E-state index < -0.39 is 0 Å². The Morgan fingerprint density at radius 2 is 2.05 bits per heavy atom. The molecule has 0 bridgehead atoms. The number of thiophene rings is 1. The van der Waals surface area contributed by atoms with E-state index in [0.717, 1.165) is 24.5 Å². The van der Waals surface area contributed by atoms with Crippen molar-refractivity contribution in [2.45, 2.75) is 13.8 Å². The average molecular weight is 289 g/mol. The van der Waals surface area contributed by atoms with Crippen molar-refractivity contribution in [2.75, 3.05) is 29.0 Å². The van der Waals surface area contributed by atoms with Gasteiger partial charge in [0.1, 0.15) is 0 Å². The van der Waals surface area contributed by atoms with Crippen molar-refractivity contribution in [2.24, 2.45) is 0 Å². The maximum Gasteiger partial charge on any atom is 0.265 e. The van der Waals surface area contributed by atoms with Gasteiger partial charge < -0.3 is 16.0 Å². The van der Waals surface area contributed by atoms with Gasteiger partial charge in [0, 0.05) is 18.8 Å². The highest BCUT2D eigenvalue weighted by Gasteiger charge is 2.13. The van der Waals surface area contributed by atoms with E-state index in [-0.39, 0.29) is 5.91 Å². The Labute approximate surface area is 123 Å². The molecule has 0 radical (unpaired) electrons. The second kappa shape index (κ2) is 6.43. The molecule has 1 amide bonds. The zero-order valence-electron chi connectivity index (χ0n) is 11.7. The van der Waals surface area contributed by atoms with E-state index in [4.69, 9.17) is 5.73 Å². The molecular formula is C15H19N3OS. The summed E-state index contributed by atoms with van der Waals surface area (Å²) in [7, 11) is 0. The number of hydrogen-bond donors (Lipinski definition) is 2. The zero-order valence-corrected chi connectivity index (χ0v) is 12.5. The second-order valence-electron chi connectivity index (χ2n) is 4.38. The molecule has 0 aliphatic rings. The summed E-state index contributed by atoms with van der Waals surface area (Å²) >= 11 is 1.42. The Morgan fingerprint density at radius 3 is 2.65 bits per heavy atom. The molecule has 4 nitrogen and oxygen atoms in total. The number of nitrogens with one attached hydrogen (secondary N) is 1. The first-order valence-electron chi connectivity index (χ1n) is 6.65. The van der Waals surface area contributed by atoms with Gasteiger partial charge >= 0.3 is 0 Å². The molecule has 1 heterocycles. The summed E-state index contributed by atoms with van der Waals surface area (Å²) in [6.45, 7) is 5.93. The van der Waals surface area contributed by atoms with Crippen LogP contribution in [0.4, 0.5) is 17.1 Å². The Balaban J connectivity index is 2.30. The third kappa shape index (κ3) is 3.11. The first-order chi connectivity index (χ1) is 9.65. The van der Waals surface area contributed by atoms with Gasteiger partial charge in [-0.3, -0.25) is 4.79 Å². The van der Waals surface area contributed by atoms with E-state index in [9.17, 15) is 4.79 Å². The van der Waals surface area contributed by atoms with Crippen LogP contribution in [0.25, 0.3) is 0 Å². The second-order valence-corrected chi connectivity index (χ2v) is 5.33. The molecule has 5 heteroatoms. The fraction of sp³-hybridized carbons (Fsp3) is 0.267. The summed E-state index contributed by atoms with van der Waals surface area (Å²) in [5.41, 5.74) is 8.23. The number of nitrogen functional groups attached to an aromatic ring is 1. The van der Waals surface area contributed by atoms with E-state index in [1.54, 1.807) is 6.07 Å². The Hall–Kier alpha value is -2.01. The number of amides is 1. The van der Waals surface area contributed by atoms with E-state index in [2.05, 4.69) is 24.1 Å². The lowest BCUT2D eigenvalue weighted by atomic mass is 10.2. The van der Waals surface area contributed by atoms with Crippen LogP contribution in [0.2, 0.25) is 0 Å². The lowest BCUT2D eigenvalue weighted by Gasteiger charge is -2.24. The fourth-order valence-electron chi connectivity index (χ4n) is 2.09. The molecule has 0 aliphatic heterocycles. The summed E-state index contributed by atoms with van der Waals surface area (Å²) < 4.78 is 0. The molecule has 3 N–H and O–H groups in total. The summed E-state index contributed by atoms with van der Waals surface area (Å²) in [5, 5.41) is 4.84. The monoisotopic (exact) mass is 289 g/mol. The third-order valence-corrected chi connectivity index (χ3v) is 3.99. The highest BCUT2D eigenvalue weighted by atomic mass is 32.1. The predicted octanol–water partition coefficient (Wildman–Crippen LogP) is 3.43. The number of anilines is 3. The van der Waals surface area contributed by atoms with Crippen molar-refractivity contribution < 1.29 is 4.79 Å². The van der Waals surface area contributed by atoms with Crippen LogP contribution in [0.3, 0.4) is 0 Å². The molecule has 0 saturated heterocycles. The predicted molar refractivity (Wildman–Crippen MR) is 86.7 cm³/mol. The average Bonchev–Trinajstić information content (AvgIpc) is 2.96. The van der Waals surface area contributed by atoms with Gasteiger partial charge in [0.15, 0.2) is 0 Å². The summed E-state index contributed by atoms with van der Waals surface area (Å²) in [6, 6.07) is 9.29. The fourth-order valence-corrected chi connectivity index (χ4v) is 2.70. The van der Waals surface area contributed by atoms with Gasteiger partial charge in [-0.05, 0) is 43.5 Å². The Bertz CT molecular complexity index is 577. The number of hydrogen-bond acceptors (Lipinski definition) is 4.